The number of carbonyl (C=O) groups excluding carboxylic acids is 5. The first-order valence-electron chi connectivity index (χ1n) is 18.6. The first kappa shape index (κ1) is 38.8. The monoisotopic (exact) mass is 838 g/mol. The summed E-state index contributed by atoms with van der Waals surface area (Å²) in [5.74, 6) is -4.28. The predicted molar refractivity (Wildman–Crippen MR) is 205 cm³/mol. The van der Waals surface area contributed by atoms with Crippen molar-refractivity contribution >= 4 is 51.9 Å². The van der Waals surface area contributed by atoms with E-state index >= 15 is 0 Å². The fourth-order valence-corrected chi connectivity index (χ4v) is 8.20. The van der Waals surface area contributed by atoms with Crippen LogP contribution in [0.1, 0.15) is 93.2 Å². The Morgan fingerprint density at radius 2 is 1.62 bits per heavy atom. The first-order chi connectivity index (χ1) is 28.4. The summed E-state index contributed by atoms with van der Waals surface area (Å²) >= 11 is 6.28. The fourth-order valence-electron chi connectivity index (χ4n) is 8.03. The van der Waals surface area contributed by atoms with Gasteiger partial charge in [0.15, 0.2) is 29.7 Å². The number of ether oxygens (including phenoxy) is 2. The van der Waals surface area contributed by atoms with Crippen molar-refractivity contribution in [3.8, 4) is 16.8 Å². The second-order valence-electron chi connectivity index (χ2n) is 15.8. The maximum Gasteiger partial charge on any atom is 0.436 e. The molecule has 60 heavy (non-hydrogen) atoms. The summed E-state index contributed by atoms with van der Waals surface area (Å²) in [7, 11) is 0. The van der Waals surface area contributed by atoms with E-state index in [4.69, 9.17) is 21.1 Å². The van der Waals surface area contributed by atoms with E-state index in [0.29, 0.717) is 23.2 Å². The van der Waals surface area contributed by atoms with Crippen molar-refractivity contribution in [3.63, 3.8) is 0 Å². The summed E-state index contributed by atoms with van der Waals surface area (Å²) in [4.78, 5) is 81.2. The molecule has 0 unspecified atom stereocenters. The Hall–Kier alpha value is -6.75. The molecule has 3 atom stereocenters. The Labute approximate surface area is 341 Å². The average molecular weight is 839 g/mol. The van der Waals surface area contributed by atoms with Crippen LogP contribution in [0.3, 0.4) is 0 Å². The van der Waals surface area contributed by atoms with Gasteiger partial charge in [-0.05, 0) is 69.0 Å². The number of Topliss-reactive ketones (excluding diaryl/α,β-unsaturated/α-hetero) is 3. The molecule has 0 N–H and O–H groups in total. The van der Waals surface area contributed by atoms with Gasteiger partial charge < -0.3 is 9.47 Å². The highest BCUT2D eigenvalue weighted by atomic mass is 35.5. The number of hydrogen-bond acceptors (Lipinski definition) is 11. The van der Waals surface area contributed by atoms with Gasteiger partial charge in [-0.2, -0.15) is 23.0 Å². The number of hydrogen-bond donors (Lipinski definition) is 0. The van der Waals surface area contributed by atoms with Crippen LogP contribution in [-0.2, 0) is 20.4 Å². The highest BCUT2D eigenvalue weighted by Crippen LogP contribution is 2.59. The Morgan fingerprint density at radius 1 is 0.900 bits per heavy atom. The van der Waals surface area contributed by atoms with Gasteiger partial charge in [0.1, 0.15) is 17.6 Å². The Bertz CT molecular complexity index is 2910. The van der Waals surface area contributed by atoms with Gasteiger partial charge in [0.25, 0.3) is 5.56 Å². The summed E-state index contributed by atoms with van der Waals surface area (Å²) in [6.07, 6.45) is -4.38. The van der Waals surface area contributed by atoms with Crippen molar-refractivity contribution in [2.75, 3.05) is 6.61 Å². The van der Waals surface area contributed by atoms with Crippen LogP contribution < -0.4 is 5.56 Å². The maximum atomic E-state index is 13.7. The zero-order valence-electron chi connectivity index (χ0n) is 31.7. The quantitative estimate of drug-likeness (QED) is 0.0908. The van der Waals surface area contributed by atoms with E-state index in [0.717, 1.165) is 15.6 Å². The van der Waals surface area contributed by atoms with Gasteiger partial charge in [0, 0.05) is 50.3 Å². The highest BCUT2D eigenvalue weighted by Gasteiger charge is 2.56. The van der Waals surface area contributed by atoms with Gasteiger partial charge in [-0.25, -0.2) is 14.3 Å². The predicted octanol–water partition coefficient (Wildman–Crippen LogP) is 7.15. The zero-order valence-corrected chi connectivity index (χ0v) is 32.4. The summed E-state index contributed by atoms with van der Waals surface area (Å²) in [5.41, 5.74) is -0.836. The molecule has 14 nitrogen and oxygen atoms in total. The van der Waals surface area contributed by atoms with Crippen molar-refractivity contribution in [1.29, 1.82) is 0 Å². The number of nitrogens with zero attached hydrogens (tertiary/aromatic N) is 6. The third kappa shape index (κ3) is 6.49. The van der Waals surface area contributed by atoms with Gasteiger partial charge in [-0.1, -0.05) is 53.2 Å². The van der Waals surface area contributed by atoms with E-state index < -0.39 is 71.0 Å². The average Bonchev–Trinajstić information content (AvgIpc) is 3.45. The van der Waals surface area contributed by atoms with Gasteiger partial charge in [-0.15, -0.1) is 5.10 Å². The molecule has 0 amide bonds. The van der Waals surface area contributed by atoms with Crippen LogP contribution in [0.2, 0.25) is 5.02 Å². The molecule has 6 aromatic rings. The Kier molecular flexibility index (Phi) is 8.82. The molecule has 3 aromatic carbocycles. The largest absolute Gasteiger partial charge is 0.456 e. The molecule has 1 aliphatic heterocycles. The standard InChI is InChI=1S/C42H30ClF3N6O8/c1-41(2,3)60-40(58)52-30-12-19(8-10-24(30)35(48-52)34-37(55)22-6-4-5-7-23(22)38(34)56)31(53)18-59-39(57)36-27-16-26(27)29-13-20(14-33(54)51(29)36)25-15-21(43)9-11-28(25)50-17-32(47-49-50)42(44,45)46/h4-15,17,26-27,34,36H,16,18H2,1-3H3/t26-,27+,36+/m1/s1. The SMILES string of the molecule is CC(C)(C)OC(=O)n1nc(C2C(=O)c3ccccc3C2=O)c2ccc(C(=O)COC(=O)[C@@H]3[C@H]4C[C@H]4c4cc(-c5cc(Cl)ccc5-n5cc(C(F)(F)F)nn5)cc(=O)n43)cc21. The van der Waals surface area contributed by atoms with Crippen LogP contribution in [0.5, 0.6) is 0 Å². The molecule has 3 aromatic heterocycles. The highest BCUT2D eigenvalue weighted by molar-refractivity contribution is 6.31. The number of esters is 1. The molecule has 9 rings (SSSR count). The van der Waals surface area contributed by atoms with Gasteiger partial charge >= 0.3 is 18.2 Å². The second kappa shape index (κ2) is 13.7. The number of halogens is 4. The van der Waals surface area contributed by atoms with E-state index in [9.17, 15) is 41.9 Å². The number of benzene rings is 3. The van der Waals surface area contributed by atoms with E-state index in [2.05, 4.69) is 15.4 Å². The lowest BCUT2D eigenvalue weighted by Crippen LogP contribution is -2.32. The lowest BCUT2D eigenvalue weighted by molar-refractivity contribution is -0.147. The van der Waals surface area contributed by atoms with Crippen LogP contribution in [0.15, 0.2) is 83.8 Å². The van der Waals surface area contributed by atoms with E-state index in [1.165, 1.54) is 47.0 Å². The van der Waals surface area contributed by atoms with E-state index in [1.54, 1.807) is 51.1 Å². The molecular formula is C42H30ClF3N6O8. The van der Waals surface area contributed by atoms with Crippen molar-refractivity contribution in [2.24, 2.45) is 5.92 Å². The molecule has 0 spiro atoms. The fraction of sp³-hybridized carbons (Fsp3) is 0.262. The Balaban J connectivity index is 0.978. The zero-order chi connectivity index (χ0) is 42.6. The normalized spacial score (nSPS) is 18.4. The molecule has 304 valence electrons. The maximum absolute atomic E-state index is 13.7. The van der Waals surface area contributed by atoms with E-state index in [-0.39, 0.29) is 55.8 Å². The van der Waals surface area contributed by atoms with Crippen LogP contribution in [-0.4, -0.2) is 71.0 Å². The number of rotatable bonds is 7. The molecule has 0 bridgehead atoms. The van der Waals surface area contributed by atoms with Gasteiger partial charge in [0.2, 0.25) is 0 Å². The molecule has 3 aliphatic rings. The molecule has 1 fully saturated rings. The minimum atomic E-state index is -4.73. The number of alkyl halides is 3. The van der Waals surface area contributed by atoms with Crippen LogP contribution in [0.4, 0.5) is 18.0 Å². The number of pyridine rings is 1. The minimum absolute atomic E-state index is 0.0144. The summed E-state index contributed by atoms with van der Waals surface area (Å²) in [5, 5.41) is 11.7. The van der Waals surface area contributed by atoms with Crippen molar-refractivity contribution in [2.45, 2.75) is 56.8 Å². The molecule has 2 aliphatic carbocycles. The van der Waals surface area contributed by atoms with Gasteiger partial charge in [0.05, 0.1) is 23.1 Å². The van der Waals surface area contributed by atoms with Gasteiger partial charge in [-0.3, -0.25) is 23.7 Å². The molecule has 0 radical (unpaired) electrons. The van der Waals surface area contributed by atoms with Crippen molar-refractivity contribution in [1.82, 2.24) is 29.3 Å². The summed E-state index contributed by atoms with van der Waals surface area (Å²) in [6.45, 7) is 4.22. The first-order valence-corrected chi connectivity index (χ1v) is 19.0. The topological polar surface area (TPSA) is 174 Å². The minimum Gasteiger partial charge on any atom is -0.456 e. The lowest BCUT2D eigenvalue weighted by atomic mass is 9.96. The van der Waals surface area contributed by atoms with Crippen molar-refractivity contribution < 1.29 is 46.6 Å². The number of fused-ring (bicyclic) bond motifs is 5. The van der Waals surface area contributed by atoms with E-state index in [1.807, 2.05) is 0 Å². The number of carbonyl (C=O) groups is 5. The van der Waals surface area contributed by atoms with Crippen molar-refractivity contribution in [3.05, 3.63) is 128 Å². The number of ketones is 3. The molecule has 18 heteroatoms. The summed E-state index contributed by atoms with van der Waals surface area (Å²) in [6, 6.07) is 16.8. The molecular weight excluding hydrogens is 809 g/mol. The third-order valence-electron chi connectivity index (χ3n) is 10.7. The Morgan fingerprint density at radius 3 is 2.28 bits per heavy atom. The lowest BCUT2D eigenvalue weighted by Gasteiger charge is -2.19. The second-order valence-corrected chi connectivity index (χ2v) is 16.2. The molecule has 4 heterocycles. The number of aromatic nitrogens is 6. The van der Waals surface area contributed by atoms with Crippen LogP contribution in [0, 0.1) is 5.92 Å². The smallest absolute Gasteiger partial charge is 0.436 e. The summed E-state index contributed by atoms with van der Waals surface area (Å²) < 4.78 is 54.1. The third-order valence-corrected chi connectivity index (χ3v) is 11.0. The molecule has 0 saturated heterocycles. The van der Waals surface area contributed by atoms with Crippen LogP contribution >= 0.6 is 11.6 Å². The van der Waals surface area contributed by atoms with Crippen LogP contribution in [0.25, 0.3) is 27.7 Å². The molecule has 1 saturated carbocycles.